The van der Waals surface area contributed by atoms with Gasteiger partial charge in [0.1, 0.15) is 22.4 Å². The minimum absolute atomic E-state index is 0.147. The third-order valence-electron chi connectivity index (χ3n) is 5.30. The van der Waals surface area contributed by atoms with E-state index >= 15 is 0 Å². The number of nitrogens with one attached hydrogen (secondary N) is 1. The molecule has 3 heterocycles. The van der Waals surface area contributed by atoms with Gasteiger partial charge in [0, 0.05) is 29.7 Å². The Labute approximate surface area is 204 Å². The van der Waals surface area contributed by atoms with Crippen molar-refractivity contribution in [1.82, 2.24) is 24.7 Å². The van der Waals surface area contributed by atoms with Gasteiger partial charge in [-0.15, -0.1) is 0 Å². The summed E-state index contributed by atoms with van der Waals surface area (Å²) in [6, 6.07) is 7.43. The highest BCUT2D eigenvalue weighted by Crippen LogP contribution is 2.35. The standard InChI is InChI=1S/C24H19ClFN7O2/c1-13(31-24-29-10-17(11-30-24)35-19-8-9-28-23(27)20(19)25)18-12-33(16-6-7-16)32-21(22(18)34)14-2-4-15(26)5-3-14/h2-5,8-12,16H,1,6-7H2,(H2,27,28)(H,29,30,31). The van der Waals surface area contributed by atoms with Crippen LogP contribution < -0.4 is 21.2 Å². The molecule has 35 heavy (non-hydrogen) atoms. The van der Waals surface area contributed by atoms with E-state index in [0.717, 1.165) is 12.8 Å². The summed E-state index contributed by atoms with van der Waals surface area (Å²) in [6.07, 6.45) is 7.95. The topological polar surface area (TPSA) is 121 Å². The molecule has 1 aliphatic carbocycles. The van der Waals surface area contributed by atoms with E-state index in [0.29, 0.717) is 28.3 Å². The fraction of sp³-hybridized carbons (Fsp3) is 0.125. The number of rotatable bonds is 7. The zero-order chi connectivity index (χ0) is 24.5. The highest BCUT2D eigenvalue weighted by molar-refractivity contribution is 6.34. The van der Waals surface area contributed by atoms with Crippen LogP contribution >= 0.6 is 11.6 Å². The minimum atomic E-state index is -0.391. The first-order valence-electron chi connectivity index (χ1n) is 10.6. The lowest BCUT2D eigenvalue weighted by Crippen LogP contribution is -2.20. The Bertz CT molecular complexity index is 1470. The van der Waals surface area contributed by atoms with Gasteiger partial charge in [0.15, 0.2) is 11.5 Å². The van der Waals surface area contributed by atoms with Crippen LogP contribution in [0, 0.1) is 5.82 Å². The van der Waals surface area contributed by atoms with Gasteiger partial charge < -0.3 is 15.8 Å². The first-order valence-corrected chi connectivity index (χ1v) is 11.0. The molecule has 0 amide bonds. The van der Waals surface area contributed by atoms with Gasteiger partial charge >= 0.3 is 0 Å². The molecule has 0 bridgehead atoms. The molecule has 3 N–H and O–H groups in total. The molecule has 0 unspecified atom stereocenters. The van der Waals surface area contributed by atoms with Gasteiger partial charge in [-0.3, -0.25) is 9.48 Å². The van der Waals surface area contributed by atoms with Gasteiger partial charge in [0.05, 0.1) is 24.0 Å². The molecule has 0 aliphatic heterocycles. The average molecular weight is 492 g/mol. The lowest BCUT2D eigenvalue weighted by molar-refractivity contribution is 0.477. The van der Waals surface area contributed by atoms with Crippen molar-refractivity contribution >= 4 is 29.1 Å². The Morgan fingerprint density at radius 1 is 1.17 bits per heavy atom. The van der Waals surface area contributed by atoms with E-state index in [1.807, 2.05) is 0 Å². The molecule has 0 saturated heterocycles. The average Bonchev–Trinajstić information content (AvgIpc) is 3.70. The maximum Gasteiger partial charge on any atom is 0.227 e. The van der Waals surface area contributed by atoms with Crippen molar-refractivity contribution in [2.24, 2.45) is 0 Å². The van der Waals surface area contributed by atoms with E-state index in [2.05, 4.69) is 31.9 Å². The minimum Gasteiger partial charge on any atom is -0.452 e. The number of hydrogen-bond donors (Lipinski definition) is 2. The summed E-state index contributed by atoms with van der Waals surface area (Å²) in [5, 5.41) is 7.63. The molecule has 1 aromatic carbocycles. The molecule has 0 spiro atoms. The number of nitrogens with zero attached hydrogens (tertiary/aromatic N) is 5. The van der Waals surface area contributed by atoms with Gasteiger partial charge in [-0.1, -0.05) is 18.2 Å². The van der Waals surface area contributed by atoms with E-state index in [1.165, 1.54) is 42.9 Å². The van der Waals surface area contributed by atoms with Crippen LogP contribution in [0.5, 0.6) is 11.5 Å². The maximum absolute atomic E-state index is 13.4. The van der Waals surface area contributed by atoms with Crippen molar-refractivity contribution < 1.29 is 9.13 Å². The molecule has 1 saturated carbocycles. The predicted octanol–water partition coefficient (Wildman–Crippen LogP) is 4.68. The van der Waals surface area contributed by atoms with Crippen molar-refractivity contribution in [2.75, 3.05) is 11.1 Å². The van der Waals surface area contributed by atoms with Crippen LogP contribution in [0.15, 0.2) is 66.5 Å². The highest BCUT2D eigenvalue weighted by Gasteiger charge is 2.26. The third-order valence-corrected chi connectivity index (χ3v) is 5.68. The summed E-state index contributed by atoms with van der Waals surface area (Å²) in [5.74, 6) is 0.609. The van der Waals surface area contributed by atoms with E-state index < -0.39 is 5.82 Å². The van der Waals surface area contributed by atoms with Crippen LogP contribution in [0.3, 0.4) is 0 Å². The number of hydrogen-bond acceptors (Lipinski definition) is 8. The van der Waals surface area contributed by atoms with Gasteiger partial charge in [0.2, 0.25) is 11.4 Å². The van der Waals surface area contributed by atoms with Crippen LogP contribution in [-0.2, 0) is 0 Å². The van der Waals surface area contributed by atoms with E-state index in [-0.39, 0.29) is 34.0 Å². The van der Waals surface area contributed by atoms with Crippen molar-refractivity contribution in [3.8, 4) is 22.8 Å². The lowest BCUT2D eigenvalue weighted by atomic mass is 10.1. The fourth-order valence-corrected chi connectivity index (χ4v) is 3.48. The lowest BCUT2D eigenvalue weighted by Gasteiger charge is -2.13. The quantitative estimate of drug-likeness (QED) is 0.382. The number of nitrogens with two attached hydrogens (primary N) is 1. The van der Waals surface area contributed by atoms with Crippen molar-refractivity contribution in [3.63, 3.8) is 0 Å². The summed E-state index contributed by atoms with van der Waals surface area (Å²) < 4.78 is 20.8. The van der Waals surface area contributed by atoms with Crippen LogP contribution in [0.4, 0.5) is 16.2 Å². The largest absolute Gasteiger partial charge is 0.452 e. The van der Waals surface area contributed by atoms with Crippen LogP contribution in [-0.4, -0.2) is 24.7 Å². The number of anilines is 2. The molecule has 1 fully saturated rings. The Hall–Kier alpha value is -4.31. The van der Waals surface area contributed by atoms with E-state index in [4.69, 9.17) is 22.1 Å². The zero-order valence-electron chi connectivity index (χ0n) is 18.3. The molecule has 4 aromatic rings. The third kappa shape index (κ3) is 4.82. The molecule has 0 radical (unpaired) electrons. The smallest absolute Gasteiger partial charge is 0.227 e. The monoisotopic (exact) mass is 491 g/mol. The molecule has 11 heteroatoms. The van der Waals surface area contributed by atoms with Gasteiger partial charge in [0.25, 0.3) is 0 Å². The number of ether oxygens (including phenoxy) is 1. The highest BCUT2D eigenvalue weighted by atomic mass is 35.5. The fourth-order valence-electron chi connectivity index (χ4n) is 3.33. The van der Waals surface area contributed by atoms with Crippen molar-refractivity contribution in [2.45, 2.75) is 18.9 Å². The number of aromatic nitrogens is 5. The second-order valence-corrected chi connectivity index (χ2v) is 8.27. The van der Waals surface area contributed by atoms with Crippen LogP contribution in [0.25, 0.3) is 17.0 Å². The van der Waals surface area contributed by atoms with Crippen LogP contribution in [0.2, 0.25) is 5.02 Å². The summed E-state index contributed by atoms with van der Waals surface area (Å²) in [4.78, 5) is 25.6. The molecule has 9 nitrogen and oxygen atoms in total. The molecular formula is C24H19ClFN7O2. The van der Waals surface area contributed by atoms with Gasteiger partial charge in [-0.2, -0.15) is 5.10 Å². The first-order chi connectivity index (χ1) is 16.9. The van der Waals surface area contributed by atoms with E-state index in [9.17, 15) is 9.18 Å². The number of benzene rings is 1. The molecule has 1 aliphatic rings. The van der Waals surface area contributed by atoms with Crippen molar-refractivity contribution in [3.05, 3.63) is 88.3 Å². The second kappa shape index (κ2) is 9.15. The second-order valence-electron chi connectivity index (χ2n) is 7.89. The SMILES string of the molecule is C=C(Nc1ncc(Oc2ccnc(N)c2Cl)cn1)c1cn(C2CC2)nc(-c2ccc(F)cc2)c1=O. The normalized spacial score (nSPS) is 12.9. The number of halogens is 2. The molecule has 176 valence electrons. The molecule has 0 atom stereocenters. The van der Waals surface area contributed by atoms with Gasteiger partial charge in [-0.25, -0.2) is 19.3 Å². The number of pyridine rings is 1. The zero-order valence-corrected chi connectivity index (χ0v) is 19.0. The van der Waals surface area contributed by atoms with Crippen molar-refractivity contribution in [1.29, 1.82) is 0 Å². The Morgan fingerprint density at radius 3 is 2.57 bits per heavy atom. The van der Waals surface area contributed by atoms with Gasteiger partial charge in [-0.05, 0) is 37.1 Å². The Morgan fingerprint density at radius 2 is 1.89 bits per heavy atom. The molecular weight excluding hydrogens is 473 g/mol. The molecule has 5 rings (SSSR count). The maximum atomic E-state index is 13.4. The first kappa shape index (κ1) is 22.5. The predicted molar refractivity (Wildman–Crippen MR) is 131 cm³/mol. The van der Waals surface area contributed by atoms with E-state index in [1.54, 1.807) is 16.9 Å². The summed E-state index contributed by atoms with van der Waals surface area (Å²) in [6.45, 7) is 4.00. The molecule has 3 aromatic heterocycles. The summed E-state index contributed by atoms with van der Waals surface area (Å²) in [5.41, 5.74) is 6.70. The Kier molecular flexibility index (Phi) is 5.87. The van der Waals surface area contributed by atoms with Crippen LogP contribution in [0.1, 0.15) is 24.4 Å². The number of nitrogen functional groups attached to an aromatic ring is 1. The summed E-state index contributed by atoms with van der Waals surface area (Å²) in [7, 11) is 0. The summed E-state index contributed by atoms with van der Waals surface area (Å²) >= 11 is 6.10. The Balaban J connectivity index is 1.39.